The van der Waals surface area contributed by atoms with Crippen LogP contribution in [-0.2, 0) is 28.6 Å². The first-order valence-electron chi connectivity index (χ1n) is 31.1. The zero-order chi connectivity index (χ0) is 51.4. The van der Waals surface area contributed by atoms with Gasteiger partial charge in [0.25, 0.3) is 0 Å². The minimum absolute atomic E-state index is 0.0813. The van der Waals surface area contributed by atoms with E-state index in [-0.39, 0.29) is 31.1 Å². The normalized spacial score (nSPS) is 12.3. The van der Waals surface area contributed by atoms with Gasteiger partial charge in [0.05, 0.1) is 0 Å². The van der Waals surface area contributed by atoms with Gasteiger partial charge in [-0.1, -0.05) is 301 Å². The van der Waals surface area contributed by atoms with Crippen LogP contribution in [0.2, 0.25) is 0 Å². The Bertz CT molecular complexity index is 1230. The lowest BCUT2D eigenvalue weighted by Gasteiger charge is -2.18. The molecule has 0 spiro atoms. The van der Waals surface area contributed by atoms with Gasteiger partial charge in [0.1, 0.15) is 13.2 Å². The molecular formula is C65H118O6. The van der Waals surface area contributed by atoms with Crippen molar-refractivity contribution in [2.24, 2.45) is 0 Å². The molecule has 0 bridgehead atoms. The molecule has 0 heterocycles. The van der Waals surface area contributed by atoms with E-state index < -0.39 is 6.10 Å². The smallest absolute Gasteiger partial charge is 0.306 e. The predicted octanol–water partition coefficient (Wildman–Crippen LogP) is 21.0. The minimum Gasteiger partial charge on any atom is -0.462 e. The number of ether oxygens (including phenoxy) is 3. The summed E-state index contributed by atoms with van der Waals surface area (Å²) in [5, 5.41) is 0. The van der Waals surface area contributed by atoms with Crippen molar-refractivity contribution in [1.29, 1.82) is 0 Å². The van der Waals surface area contributed by atoms with Gasteiger partial charge < -0.3 is 14.2 Å². The number of carbonyl (C=O) groups is 3. The molecular weight excluding hydrogens is 877 g/mol. The summed E-state index contributed by atoms with van der Waals surface area (Å²) in [6.45, 7) is 6.55. The van der Waals surface area contributed by atoms with Gasteiger partial charge in [0, 0.05) is 19.3 Å². The van der Waals surface area contributed by atoms with E-state index in [0.717, 1.165) is 83.5 Å². The quantitative estimate of drug-likeness (QED) is 0.0261. The zero-order valence-electron chi connectivity index (χ0n) is 47.5. The van der Waals surface area contributed by atoms with Gasteiger partial charge in [0.2, 0.25) is 0 Å². The highest BCUT2D eigenvalue weighted by molar-refractivity contribution is 5.71. The van der Waals surface area contributed by atoms with Crippen LogP contribution in [0.1, 0.15) is 329 Å². The van der Waals surface area contributed by atoms with Gasteiger partial charge in [-0.2, -0.15) is 0 Å². The average Bonchev–Trinajstić information content (AvgIpc) is 3.37. The predicted molar refractivity (Wildman–Crippen MR) is 307 cm³/mol. The van der Waals surface area contributed by atoms with E-state index in [1.165, 1.54) is 205 Å². The summed E-state index contributed by atoms with van der Waals surface area (Å²) >= 11 is 0. The summed E-state index contributed by atoms with van der Waals surface area (Å²) < 4.78 is 16.9. The maximum atomic E-state index is 12.9. The highest BCUT2D eigenvalue weighted by Crippen LogP contribution is 2.18. The van der Waals surface area contributed by atoms with Crippen LogP contribution in [0.25, 0.3) is 0 Å². The standard InChI is InChI=1S/C65H118O6/c1-4-7-10-13-16-19-22-25-28-30-32-34-37-40-43-46-49-52-55-58-64(67)70-61-62(60-69-63(66)57-54-51-48-45-42-39-36-27-24-21-18-15-12-9-6-3)71-65(68)59-56-53-50-47-44-41-38-35-33-31-29-26-23-20-17-14-11-8-5-2/h9,12,18,21,27,36,42,45,62H,4-8,10-11,13-17,19-20,22-26,28-35,37-41,43-44,46-61H2,1-3H3/b12-9-,21-18-,36-27-,45-42-/t62-/m1/s1. The van der Waals surface area contributed by atoms with Crippen molar-refractivity contribution in [3.63, 3.8) is 0 Å². The number of hydrogen-bond donors (Lipinski definition) is 0. The minimum atomic E-state index is -0.787. The van der Waals surface area contributed by atoms with Crippen LogP contribution >= 0.6 is 0 Å². The van der Waals surface area contributed by atoms with E-state index in [1.807, 2.05) is 0 Å². The van der Waals surface area contributed by atoms with Crippen LogP contribution in [0.5, 0.6) is 0 Å². The number of allylic oxidation sites excluding steroid dienone is 8. The largest absolute Gasteiger partial charge is 0.462 e. The average molecular weight is 996 g/mol. The third kappa shape index (κ3) is 58.1. The summed E-state index contributed by atoms with van der Waals surface area (Å²) in [6.07, 6.45) is 74.0. The maximum absolute atomic E-state index is 12.9. The van der Waals surface area contributed by atoms with Gasteiger partial charge in [-0.05, 0) is 57.8 Å². The molecule has 0 N–H and O–H groups in total. The van der Waals surface area contributed by atoms with Gasteiger partial charge in [-0.3, -0.25) is 14.4 Å². The van der Waals surface area contributed by atoms with Gasteiger partial charge in [-0.25, -0.2) is 0 Å². The first-order chi connectivity index (χ1) is 35.0. The monoisotopic (exact) mass is 995 g/mol. The Hall–Kier alpha value is -2.63. The number of rotatable bonds is 57. The van der Waals surface area contributed by atoms with Crippen LogP contribution in [0, 0.1) is 0 Å². The first kappa shape index (κ1) is 68.4. The van der Waals surface area contributed by atoms with Crippen LogP contribution in [0.4, 0.5) is 0 Å². The highest BCUT2D eigenvalue weighted by Gasteiger charge is 2.19. The third-order valence-electron chi connectivity index (χ3n) is 13.8. The molecule has 6 heteroatoms. The van der Waals surface area contributed by atoms with E-state index in [1.54, 1.807) is 0 Å². The number of unbranched alkanes of at least 4 members (excludes halogenated alkanes) is 38. The van der Waals surface area contributed by atoms with E-state index in [9.17, 15) is 14.4 Å². The Morgan fingerprint density at radius 1 is 0.296 bits per heavy atom. The second kappa shape index (κ2) is 59.9. The van der Waals surface area contributed by atoms with E-state index >= 15 is 0 Å². The summed E-state index contributed by atoms with van der Waals surface area (Å²) in [5.41, 5.74) is 0. The molecule has 0 radical (unpaired) electrons. The Labute approximate surface area is 441 Å². The molecule has 414 valence electrons. The Morgan fingerprint density at radius 3 is 0.859 bits per heavy atom. The van der Waals surface area contributed by atoms with Crippen molar-refractivity contribution in [3.8, 4) is 0 Å². The van der Waals surface area contributed by atoms with Gasteiger partial charge in [0.15, 0.2) is 6.10 Å². The van der Waals surface area contributed by atoms with Crippen molar-refractivity contribution in [3.05, 3.63) is 48.6 Å². The van der Waals surface area contributed by atoms with E-state index in [0.29, 0.717) is 19.3 Å². The fourth-order valence-corrected chi connectivity index (χ4v) is 9.20. The molecule has 0 fully saturated rings. The molecule has 0 aliphatic heterocycles. The molecule has 0 aromatic heterocycles. The molecule has 0 aromatic rings. The van der Waals surface area contributed by atoms with Crippen molar-refractivity contribution in [2.45, 2.75) is 335 Å². The third-order valence-corrected chi connectivity index (χ3v) is 13.8. The lowest BCUT2D eigenvalue weighted by atomic mass is 10.0. The van der Waals surface area contributed by atoms with Crippen molar-refractivity contribution in [1.82, 2.24) is 0 Å². The summed E-state index contributed by atoms with van der Waals surface area (Å²) in [7, 11) is 0. The lowest BCUT2D eigenvalue weighted by Crippen LogP contribution is -2.30. The second-order valence-corrected chi connectivity index (χ2v) is 21.0. The topological polar surface area (TPSA) is 78.9 Å². The fraction of sp³-hybridized carbons (Fsp3) is 0.831. The maximum Gasteiger partial charge on any atom is 0.306 e. The first-order valence-corrected chi connectivity index (χ1v) is 31.1. The Morgan fingerprint density at radius 2 is 0.549 bits per heavy atom. The molecule has 0 aromatic carbocycles. The molecule has 0 amide bonds. The molecule has 0 saturated carbocycles. The molecule has 6 nitrogen and oxygen atoms in total. The molecule has 71 heavy (non-hydrogen) atoms. The summed E-state index contributed by atoms with van der Waals surface area (Å²) in [4.78, 5) is 38.3. The number of esters is 3. The molecule has 0 aliphatic carbocycles. The zero-order valence-corrected chi connectivity index (χ0v) is 47.5. The summed E-state index contributed by atoms with van der Waals surface area (Å²) in [6, 6.07) is 0. The van der Waals surface area contributed by atoms with E-state index in [2.05, 4.69) is 69.4 Å². The van der Waals surface area contributed by atoms with Crippen LogP contribution < -0.4 is 0 Å². The van der Waals surface area contributed by atoms with Gasteiger partial charge >= 0.3 is 17.9 Å². The number of hydrogen-bond acceptors (Lipinski definition) is 6. The lowest BCUT2D eigenvalue weighted by molar-refractivity contribution is -0.167. The van der Waals surface area contributed by atoms with Crippen LogP contribution in [-0.4, -0.2) is 37.2 Å². The molecule has 1 atom stereocenters. The van der Waals surface area contributed by atoms with Crippen LogP contribution in [0.3, 0.4) is 0 Å². The van der Waals surface area contributed by atoms with Gasteiger partial charge in [-0.15, -0.1) is 0 Å². The molecule has 0 aliphatic rings. The summed E-state index contributed by atoms with van der Waals surface area (Å²) in [5.74, 6) is -0.903. The molecule has 0 saturated heterocycles. The van der Waals surface area contributed by atoms with Crippen LogP contribution in [0.15, 0.2) is 48.6 Å². The van der Waals surface area contributed by atoms with Crippen molar-refractivity contribution < 1.29 is 28.6 Å². The molecule has 0 unspecified atom stereocenters. The fourth-order valence-electron chi connectivity index (χ4n) is 9.20. The Kier molecular flexibility index (Phi) is 57.7. The second-order valence-electron chi connectivity index (χ2n) is 21.0. The molecule has 0 rings (SSSR count). The number of carbonyl (C=O) groups excluding carboxylic acids is 3. The Balaban J connectivity index is 4.35. The van der Waals surface area contributed by atoms with E-state index in [4.69, 9.17) is 14.2 Å². The van der Waals surface area contributed by atoms with Crippen molar-refractivity contribution >= 4 is 17.9 Å². The van der Waals surface area contributed by atoms with Crippen molar-refractivity contribution in [2.75, 3.05) is 13.2 Å². The highest BCUT2D eigenvalue weighted by atomic mass is 16.6. The SMILES string of the molecule is CC/C=C\C/C=C\C/C=C\C/C=C\CCCCC(=O)OC[C@H](COC(=O)CCCCCCCCCCCCCCCCCCCCC)OC(=O)CCCCCCCCCCCCCCCCCCCCC.